The van der Waals surface area contributed by atoms with E-state index < -0.39 is 0 Å². The monoisotopic (exact) mass is 380 g/mol. The summed E-state index contributed by atoms with van der Waals surface area (Å²) < 4.78 is 0. The van der Waals surface area contributed by atoms with Gasteiger partial charge < -0.3 is 0 Å². The van der Waals surface area contributed by atoms with Crippen LogP contribution >= 0.6 is 35.0 Å². The van der Waals surface area contributed by atoms with Gasteiger partial charge in [-0.1, -0.05) is 58.6 Å². The second-order valence-electron chi connectivity index (χ2n) is 5.42. The van der Waals surface area contributed by atoms with E-state index in [2.05, 4.69) is 42.6 Å². The quantitative estimate of drug-likeness (QED) is 0.566. The second kappa shape index (κ2) is 9.11. The van der Waals surface area contributed by atoms with Crippen molar-refractivity contribution < 1.29 is 4.79 Å². The number of hydrazone groups is 1. The molecular weight excluding hydrogens is 363 g/mol. The molecule has 0 unspecified atom stereocenters. The zero-order valence-electron chi connectivity index (χ0n) is 13.5. The average molecular weight is 381 g/mol. The first-order valence-electron chi connectivity index (χ1n) is 7.36. The predicted octanol–water partition coefficient (Wildman–Crippen LogP) is 4.99. The minimum atomic E-state index is -0.163. The maximum absolute atomic E-state index is 11.8. The van der Waals surface area contributed by atoms with Gasteiger partial charge in [0.2, 0.25) is 5.91 Å². The van der Waals surface area contributed by atoms with Crippen molar-refractivity contribution >= 4 is 47.1 Å². The highest BCUT2D eigenvalue weighted by atomic mass is 35.5. The summed E-state index contributed by atoms with van der Waals surface area (Å²) in [6.45, 7) is 4.14. The van der Waals surface area contributed by atoms with E-state index in [0.29, 0.717) is 21.4 Å². The fourth-order valence-corrected chi connectivity index (χ4v) is 3.50. The van der Waals surface area contributed by atoms with Gasteiger partial charge in [0.05, 0.1) is 22.0 Å². The van der Waals surface area contributed by atoms with Crippen LogP contribution in [0.25, 0.3) is 0 Å². The number of thioether (sulfide) groups is 1. The van der Waals surface area contributed by atoms with E-state index in [1.54, 1.807) is 30.0 Å². The Labute approximate surface area is 156 Å². The SMILES string of the molecule is Cc1cc(C)cc(CSCC(=O)N/N=C\c2c(Cl)cccc2Cl)c1. The van der Waals surface area contributed by atoms with Gasteiger partial charge in [0, 0.05) is 11.3 Å². The van der Waals surface area contributed by atoms with Crippen LogP contribution in [0.5, 0.6) is 0 Å². The molecule has 0 radical (unpaired) electrons. The molecule has 24 heavy (non-hydrogen) atoms. The van der Waals surface area contributed by atoms with Crippen LogP contribution in [0.4, 0.5) is 0 Å². The summed E-state index contributed by atoms with van der Waals surface area (Å²) in [5.74, 6) is 0.958. The van der Waals surface area contributed by atoms with E-state index in [1.165, 1.54) is 22.9 Å². The van der Waals surface area contributed by atoms with E-state index >= 15 is 0 Å². The Morgan fingerprint density at radius 3 is 2.42 bits per heavy atom. The van der Waals surface area contributed by atoms with E-state index in [9.17, 15) is 4.79 Å². The molecule has 2 rings (SSSR count). The number of halogens is 2. The number of hydrogen-bond acceptors (Lipinski definition) is 3. The van der Waals surface area contributed by atoms with Crippen molar-refractivity contribution in [3.63, 3.8) is 0 Å². The molecule has 6 heteroatoms. The van der Waals surface area contributed by atoms with Crippen molar-refractivity contribution in [1.29, 1.82) is 0 Å². The molecule has 0 spiro atoms. The number of aryl methyl sites for hydroxylation is 2. The zero-order valence-corrected chi connectivity index (χ0v) is 15.8. The lowest BCUT2D eigenvalue weighted by atomic mass is 10.1. The Morgan fingerprint density at radius 1 is 1.17 bits per heavy atom. The summed E-state index contributed by atoms with van der Waals surface area (Å²) in [5.41, 5.74) is 6.76. The third-order valence-electron chi connectivity index (χ3n) is 3.17. The lowest BCUT2D eigenvalue weighted by Crippen LogP contribution is -2.19. The van der Waals surface area contributed by atoms with Gasteiger partial charge in [-0.2, -0.15) is 5.10 Å². The second-order valence-corrected chi connectivity index (χ2v) is 7.22. The van der Waals surface area contributed by atoms with E-state index in [-0.39, 0.29) is 5.91 Å². The van der Waals surface area contributed by atoms with Crippen molar-refractivity contribution in [2.45, 2.75) is 19.6 Å². The molecule has 126 valence electrons. The van der Waals surface area contributed by atoms with Crippen LogP contribution in [-0.4, -0.2) is 17.9 Å². The van der Waals surface area contributed by atoms with Crippen LogP contribution in [0.1, 0.15) is 22.3 Å². The zero-order chi connectivity index (χ0) is 17.5. The Hall–Kier alpha value is -1.49. The topological polar surface area (TPSA) is 41.5 Å². The summed E-state index contributed by atoms with van der Waals surface area (Å²) in [4.78, 5) is 11.8. The number of nitrogens with zero attached hydrogens (tertiary/aromatic N) is 1. The molecule has 0 aliphatic carbocycles. The lowest BCUT2D eigenvalue weighted by molar-refractivity contribution is -0.118. The summed E-state index contributed by atoms with van der Waals surface area (Å²) in [5, 5.41) is 4.89. The Morgan fingerprint density at radius 2 is 1.79 bits per heavy atom. The number of amides is 1. The molecule has 0 aliphatic rings. The standard InChI is InChI=1S/C18H18Cl2N2OS/c1-12-6-13(2)8-14(7-12)10-24-11-18(23)22-21-9-15-16(19)4-3-5-17(15)20/h3-9H,10-11H2,1-2H3,(H,22,23)/b21-9-. The van der Waals surface area contributed by atoms with Crippen molar-refractivity contribution in [3.05, 3.63) is 68.7 Å². The van der Waals surface area contributed by atoms with Crippen molar-refractivity contribution in [2.24, 2.45) is 5.10 Å². The lowest BCUT2D eigenvalue weighted by Gasteiger charge is -2.05. The fourth-order valence-electron chi connectivity index (χ4n) is 2.25. The van der Waals surface area contributed by atoms with Gasteiger partial charge in [0.15, 0.2) is 0 Å². The normalized spacial score (nSPS) is 11.0. The maximum atomic E-state index is 11.8. The maximum Gasteiger partial charge on any atom is 0.250 e. The minimum Gasteiger partial charge on any atom is -0.272 e. The first-order valence-corrected chi connectivity index (χ1v) is 9.27. The Balaban J connectivity index is 1.80. The van der Waals surface area contributed by atoms with Crippen LogP contribution in [-0.2, 0) is 10.5 Å². The van der Waals surface area contributed by atoms with Crippen LogP contribution in [0.2, 0.25) is 10.0 Å². The summed E-state index contributed by atoms with van der Waals surface area (Å²) in [6, 6.07) is 11.6. The van der Waals surface area contributed by atoms with Gasteiger partial charge in [-0.3, -0.25) is 4.79 Å². The molecule has 1 amide bonds. The molecular formula is C18H18Cl2N2OS. The average Bonchev–Trinajstić information content (AvgIpc) is 2.49. The Bertz CT molecular complexity index is 722. The number of hydrogen-bond donors (Lipinski definition) is 1. The van der Waals surface area contributed by atoms with Gasteiger partial charge in [-0.05, 0) is 31.5 Å². The van der Waals surface area contributed by atoms with Gasteiger partial charge >= 0.3 is 0 Å². The molecule has 0 saturated heterocycles. The summed E-state index contributed by atoms with van der Waals surface area (Å²) in [6.07, 6.45) is 1.46. The molecule has 0 atom stereocenters. The van der Waals surface area contributed by atoms with Gasteiger partial charge in [0.25, 0.3) is 0 Å². The third-order valence-corrected chi connectivity index (χ3v) is 4.83. The molecule has 0 fully saturated rings. The summed E-state index contributed by atoms with van der Waals surface area (Å²) in [7, 11) is 0. The smallest absolute Gasteiger partial charge is 0.250 e. The Kier molecular flexibility index (Phi) is 7.16. The predicted molar refractivity (Wildman–Crippen MR) is 104 cm³/mol. The van der Waals surface area contributed by atoms with E-state index in [1.807, 2.05) is 0 Å². The van der Waals surface area contributed by atoms with Crippen LogP contribution in [0.15, 0.2) is 41.5 Å². The molecule has 0 saturated carbocycles. The molecule has 0 aliphatic heterocycles. The minimum absolute atomic E-state index is 0.163. The molecule has 2 aromatic rings. The van der Waals surface area contributed by atoms with Gasteiger partial charge in [-0.25, -0.2) is 5.43 Å². The molecule has 2 aromatic carbocycles. The van der Waals surface area contributed by atoms with Crippen LogP contribution in [0, 0.1) is 13.8 Å². The van der Waals surface area contributed by atoms with Crippen LogP contribution in [0.3, 0.4) is 0 Å². The molecule has 0 aromatic heterocycles. The summed E-state index contributed by atoms with van der Waals surface area (Å²) >= 11 is 13.6. The largest absolute Gasteiger partial charge is 0.272 e. The fraction of sp³-hybridized carbons (Fsp3) is 0.222. The molecule has 1 N–H and O–H groups in total. The van der Waals surface area contributed by atoms with E-state index in [0.717, 1.165) is 5.75 Å². The number of carbonyl (C=O) groups is 1. The molecule has 0 heterocycles. The highest BCUT2D eigenvalue weighted by Gasteiger charge is 2.04. The first-order chi connectivity index (χ1) is 11.5. The highest BCUT2D eigenvalue weighted by molar-refractivity contribution is 7.99. The van der Waals surface area contributed by atoms with Crippen molar-refractivity contribution in [1.82, 2.24) is 5.43 Å². The third kappa shape index (κ3) is 5.86. The van der Waals surface area contributed by atoms with Crippen LogP contribution < -0.4 is 5.43 Å². The van der Waals surface area contributed by atoms with Crippen molar-refractivity contribution in [2.75, 3.05) is 5.75 Å². The number of carbonyl (C=O) groups excluding carboxylic acids is 1. The van der Waals surface area contributed by atoms with Gasteiger partial charge in [0.1, 0.15) is 0 Å². The number of nitrogens with one attached hydrogen (secondary N) is 1. The van der Waals surface area contributed by atoms with Gasteiger partial charge in [-0.15, -0.1) is 11.8 Å². The van der Waals surface area contributed by atoms with Crippen molar-refractivity contribution in [3.8, 4) is 0 Å². The van der Waals surface area contributed by atoms with E-state index in [4.69, 9.17) is 23.2 Å². The number of rotatable bonds is 6. The highest BCUT2D eigenvalue weighted by Crippen LogP contribution is 2.22. The molecule has 0 bridgehead atoms. The molecule has 3 nitrogen and oxygen atoms in total. The first kappa shape index (κ1) is 18.8. The number of benzene rings is 2.